The molecule has 0 aliphatic heterocycles. The van der Waals surface area contributed by atoms with Gasteiger partial charge >= 0.3 is 29.6 Å². The normalized spacial score (nSPS) is 8.50. The van der Waals surface area contributed by atoms with Gasteiger partial charge in [-0.2, -0.15) is 0 Å². The monoisotopic (exact) mass is 147 g/mol. The molecule has 0 aliphatic carbocycles. The van der Waals surface area contributed by atoms with Crippen molar-refractivity contribution in [2.24, 2.45) is 0 Å². The molecule has 2 nitrogen and oxygen atoms in total. The van der Waals surface area contributed by atoms with Crippen molar-refractivity contribution in [2.75, 3.05) is 6.61 Å². The van der Waals surface area contributed by atoms with E-state index in [4.69, 9.17) is 5.11 Å². The van der Waals surface area contributed by atoms with Gasteiger partial charge in [-0.1, -0.05) is 6.07 Å². The number of rotatable bonds is 2. The molecule has 0 aromatic carbocycles. The number of aliphatic hydroxyl groups is 1. The molecule has 0 saturated heterocycles. The second-order valence-corrected chi connectivity index (χ2v) is 1.83. The fraction of sp³-hybridized carbons (Fsp3) is 0.286. The maximum atomic E-state index is 8.49. The van der Waals surface area contributed by atoms with Gasteiger partial charge in [-0.25, -0.2) is 0 Å². The van der Waals surface area contributed by atoms with Gasteiger partial charge < -0.3 is 5.11 Å². The number of aliphatic hydroxyl groups excluding tert-OH is 1. The van der Waals surface area contributed by atoms with Crippen molar-refractivity contribution < 1.29 is 5.11 Å². The molecule has 1 heterocycles. The van der Waals surface area contributed by atoms with E-state index in [0.717, 1.165) is 5.56 Å². The summed E-state index contributed by atoms with van der Waals surface area (Å²) in [6.07, 6.45) is 4.19. The maximum absolute atomic E-state index is 8.49. The van der Waals surface area contributed by atoms with E-state index < -0.39 is 0 Å². The second kappa shape index (κ2) is 5.86. The van der Waals surface area contributed by atoms with E-state index in [9.17, 15) is 0 Å². The van der Waals surface area contributed by atoms with Gasteiger partial charge in [0.25, 0.3) is 0 Å². The first-order chi connectivity index (χ1) is 4.43. The van der Waals surface area contributed by atoms with Gasteiger partial charge in [0.2, 0.25) is 0 Å². The van der Waals surface area contributed by atoms with Crippen LogP contribution in [0.5, 0.6) is 0 Å². The van der Waals surface area contributed by atoms with Gasteiger partial charge in [0.1, 0.15) is 0 Å². The van der Waals surface area contributed by atoms with Crippen LogP contribution in [0.2, 0.25) is 0 Å². The molecule has 10 heavy (non-hydrogen) atoms. The van der Waals surface area contributed by atoms with Crippen molar-refractivity contribution in [3.63, 3.8) is 0 Å². The first-order valence-corrected chi connectivity index (χ1v) is 2.93. The fourth-order valence-corrected chi connectivity index (χ4v) is 0.675. The van der Waals surface area contributed by atoms with Crippen LogP contribution in [0.1, 0.15) is 5.56 Å². The van der Waals surface area contributed by atoms with Crippen LogP contribution >= 0.6 is 0 Å². The zero-order chi connectivity index (χ0) is 6.53. The van der Waals surface area contributed by atoms with Crippen LogP contribution < -0.4 is 0 Å². The van der Waals surface area contributed by atoms with Crippen LogP contribution in [0, 0.1) is 0 Å². The average molecular weight is 147 g/mol. The van der Waals surface area contributed by atoms with Gasteiger partial charge in [0, 0.05) is 19.0 Å². The molecule has 0 spiro atoms. The molecule has 1 rings (SSSR count). The number of hydrogen-bond donors (Lipinski definition) is 1. The first kappa shape index (κ1) is 10.1. The van der Waals surface area contributed by atoms with E-state index in [-0.39, 0.29) is 36.2 Å². The number of nitrogens with zero attached hydrogens (tertiary/aromatic N) is 1. The third kappa shape index (κ3) is 3.32. The average Bonchev–Trinajstić information content (AvgIpc) is 1.91. The molecule has 0 saturated carbocycles. The summed E-state index contributed by atoms with van der Waals surface area (Å²) in [5, 5.41) is 8.49. The summed E-state index contributed by atoms with van der Waals surface area (Å²) < 4.78 is 0. The predicted molar refractivity (Wildman–Crippen MR) is 42.2 cm³/mol. The zero-order valence-electron chi connectivity index (χ0n) is 5.12. The first-order valence-electron chi connectivity index (χ1n) is 2.93. The third-order valence-corrected chi connectivity index (χ3v) is 1.12. The van der Waals surface area contributed by atoms with Crippen molar-refractivity contribution >= 4 is 29.6 Å². The molecule has 3 heteroatoms. The number of pyridine rings is 1. The molecule has 50 valence electrons. The molecule has 1 aromatic rings. The molecule has 0 amide bonds. The fourth-order valence-electron chi connectivity index (χ4n) is 0.675. The van der Waals surface area contributed by atoms with Crippen LogP contribution in [0.3, 0.4) is 0 Å². The van der Waals surface area contributed by atoms with Gasteiger partial charge in [-0.15, -0.1) is 0 Å². The molecule has 1 aromatic heterocycles. The van der Waals surface area contributed by atoms with Crippen LogP contribution in [0.25, 0.3) is 0 Å². The van der Waals surface area contributed by atoms with Crippen LogP contribution in [0.4, 0.5) is 0 Å². The molecule has 1 N–H and O–H groups in total. The van der Waals surface area contributed by atoms with E-state index in [1.807, 2.05) is 12.1 Å². The van der Waals surface area contributed by atoms with E-state index in [1.54, 1.807) is 12.4 Å². The van der Waals surface area contributed by atoms with Gasteiger partial charge in [-0.05, 0) is 18.1 Å². The Morgan fingerprint density at radius 3 is 2.80 bits per heavy atom. The Morgan fingerprint density at radius 1 is 1.50 bits per heavy atom. The molecule has 0 fully saturated rings. The van der Waals surface area contributed by atoms with Gasteiger partial charge in [0.05, 0.1) is 0 Å². The van der Waals surface area contributed by atoms with Crippen molar-refractivity contribution in [2.45, 2.75) is 6.42 Å². The summed E-state index contributed by atoms with van der Waals surface area (Å²) in [6, 6.07) is 3.81. The number of hydrogen-bond acceptors (Lipinski definition) is 2. The van der Waals surface area contributed by atoms with E-state index in [0.29, 0.717) is 6.42 Å². The van der Waals surface area contributed by atoms with Crippen LogP contribution in [0.15, 0.2) is 24.5 Å². The molecular formula is C7H10NNaO. The quantitative estimate of drug-likeness (QED) is 0.596. The molecule has 0 atom stereocenters. The Balaban J connectivity index is 0.000000810. The summed E-state index contributed by atoms with van der Waals surface area (Å²) in [6.45, 7) is 0.200. The Labute approximate surface area is 82.6 Å². The van der Waals surface area contributed by atoms with Crippen molar-refractivity contribution in [3.8, 4) is 0 Å². The van der Waals surface area contributed by atoms with Crippen molar-refractivity contribution in [3.05, 3.63) is 30.1 Å². The molecule has 0 bridgehead atoms. The van der Waals surface area contributed by atoms with Gasteiger partial charge in [0.15, 0.2) is 0 Å². The molecule has 0 radical (unpaired) electrons. The molecule has 0 aliphatic rings. The summed E-state index contributed by atoms with van der Waals surface area (Å²) in [4.78, 5) is 3.89. The van der Waals surface area contributed by atoms with E-state index >= 15 is 0 Å². The molecular weight excluding hydrogens is 137 g/mol. The third-order valence-electron chi connectivity index (χ3n) is 1.12. The zero-order valence-corrected chi connectivity index (χ0v) is 5.12. The number of aromatic nitrogens is 1. The minimum atomic E-state index is 0. The van der Waals surface area contributed by atoms with E-state index in [2.05, 4.69) is 4.98 Å². The Bertz CT molecular complexity index is 167. The minimum absolute atomic E-state index is 0. The Kier molecular flexibility index (Phi) is 5.93. The van der Waals surface area contributed by atoms with Crippen LogP contribution in [-0.4, -0.2) is 46.3 Å². The standard InChI is InChI=1S/C7H9NO.Na.H/c9-5-3-7-2-1-4-8-6-7;;/h1-2,4,6,9H,3,5H2;;. The predicted octanol–water partition coefficient (Wildman–Crippen LogP) is -0.0321. The van der Waals surface area contributed by atoms with Gasteiger partial charge in [-0.3, -0.25) is 4.98 Å². The molecule has 0 unspecified atom stereocenters. The SMILES string of the molecule is OCCc1cccnc1.[NaH]. The van der Waals surface area contributed by atoms with Crippen LogP contribution in [-0.2, 0) is 6.42 Å². The Morgan fingerprint density at radius 2 is 2.30 bits per heavy atom. The van der Waals surface area contributed by atoms with E-state index in [1.165, 1.54) is 0 Å². The van der Waals surface area contributed by atoms with Crippen molar-refractivity contribution in [1.82, 2.24) is 4.98 Å². The Hall–Kier alpha value is 0.110. The topological polar surface area (TPSA) is 33.1 Å². The summed E-state index contributed by atoms with van der Waals surface area (Å²) in [7, 11) is 0. The summed E-state index contributed by atoms with van der Waals surface area (Å²) in [5.74, 6) is 0. The summed E-state index contributed by atoms with van der Waals surface area (Å²) in [5.41, 5.74) is 1.08. The summed E-state index contributed by atoms with van der Waals surface area (Å²) >= 11 is 0. The van der Waals surface area contributed by atoms with Crippen molar-refractivity contribution in [1.29, 1.82) is 0 Å². The second-order valence-electron chi connectivity index (χ2n) is 1.83.